The molecule has 99 heavy (non-hydrogen) atoms. The Labute approximate surface area is 591 Å². The van der Waals surface area contributed by atoms with Crippen LogP contribution in [0, 0.1) is 0 Å². The van der Waals surface area contributed by atoms with Crippen molar-refractivity contribution in [3.8, 4) is 0 Å². The molecule has 3 fully saturated rings. The van der Waals surface area contributed by atoms with Gasteiger partial charge in [0.2, 0.25) is 0 Å². The third-order valence-corrected chi connectivity index (χ3v) is 19.7. The van der Waals surface area contributed by atoms with E-state index in [0.29, 0.717) is 12.8 Å². The molecule has 0 aromatic rings. The number of aliphatic hydroxyl groups is 10. The van der Waals surface area contributed by atoms with Gasteiger partial charge in [-0.1, -0.05) is 250 Å². The number of hydrogen-bond donors (Lipinski definition) is 11. The number of phosphoric ester groups is 1. The van der Waals surface area contributed by atoms with Gasteiger partial charge >= 0.3 is 25.7 Å². The van der Waals surface area contributed by atoms with Crippen LogP contribution < -0.4 is 0 Å². The maximum Gasteiger partial charge on any atom is 0.472 e. The maximum atomic E-state index is 14.3. The fourth-order valence-corrected chi connectivity index (χ4v) is 13.5. The van der Waals surface area contributed by atoms with Crippen LogP contribution in [0.25, 0.3) is 0 Å². The van der Waals surface area contributed by atoms with Gasteiger partial charge in [0.1, 0.15) is 98.7 Å². The SMILES string of the molecule is CCCCCC/C=C\CCCCCCCCCC(=O)OCC(COP(=O)(O)OC1C(OC2OC(CO)C(O)C(O)C2O)C(O)C(O)C(O)C1OC1OC(COC(=O)/C=C/C=C/CCCCCCCCCCCCC)C(O)C(O)C1O)OC(=O)CCCCCCCCCCCCCCCC. The van der Waals surface area contributed by atoms with Crippen LogP contribution in [0.3, 0.4) is 0 Å². The van der Waals surface area contributed by atoms with Gasteiger partial charge in [0.05, 0.1) is 13.2 Å². The molecule has 18 atom stereocenters. The fraction of sp³-hybridized carbons (Fsp3) is 0.878. The van der Waals surface area contributed by atoms with E-state index in [4.69, 9.17) is 42.2 Å². The highest BCUT2D eigenvalue weighted by molar-refractivity contribution is 7.47. The predicted octanol–water partition coefficient (Wildman–Crippen LogP) is 10.7. The van der Waals surface area contributed by atoms with Crippen LogP contribution in [-0.2, 0) is 61.2 Å². The van der Waals surface area contributed by atoms with Crippen LogP contribution in [0.1, 0.15) is 284 Å². The van der Waals surface area contributed by atoms with Crippen LogP contribution >= 0.6 is 7.82 Å². The summed E-state index contributed by atoms with van der Waals surface area (Å²) in [6.45, 7) is 3.35. The van der Waals surface area contributed by atoms with Gasteiger partial charge in [-0.3, -0.25) is 18.6 Å². The molecule has 0 aromatic carbocycles. The summed E-state index contributed by atoms with van der Waals surface area (Å²) in [7, 11) is -5.71. The van der Waals surface area contributed by atoms with Crippen molar-refractivity contribution in [1.82, 2.24) is 0 Å². The van der Waals surface area contributed by atoms with Crippen LogP contribution in [0.4, 0.5) is 0 Å². The lowest BCUT2D eigenvalue weighted by molar-refractivity contribution is -0.360. The summed E-state index contributed by atoms with van der Waals surface area (Å²) in [5.74, 6) is -2.22. The standard InChI is InChI=1S/C74H133O24P/c1-4-7-10-13-16-19-22-25-28-31-33-36-39-42-45-48-58(76)90-52-55(93-60(78)50-47-44-41-38-35-30-27-24-21-18-15-12-9-6-3)53-92-99(88,89)98-72-70(96-73-68(86)63(81)61(79)56(51-75)94-73)66(84)65(83)67(85)71(72)97-74-69(87)64(82)62(80)57(95-74)54-91-59(77)49-46-43-40-37-34-32-29-26-23-20-17-14-11-8-5-2/h19,22,40,43,46,49,55-57,61-75,79-87H,4-18,20-21,23-39,41-42,44-45,47-48,50-54H2,1-3H3,(H,88,89)/b22-19-,43-40+,49-46+. The molecule has 2 aliphatic heterocycles. The van der Waals surface area contributed by atoms with E-state index in [0.717, 1.165) is 115 Å². The molecular formula is C74H133O24P. The Morgan fingerprint density at radius 2 is 0.788 bits per heavy atom. The van der Waals surface area contributed by atoms with Crippen molar-refractivity contribution in [2.24, 2.45) is 0 Å². The monoisotopic (exact) mass is 1440 g/mol. The lowest BCUT2D eigenvalue weighted by atomic mass is 9.84. The predicted molar refractivity (Wildman–Crippen MR) is 374 cm³/mol. The van der Waals surface area contributed by atoms with E-state index in [2.05, 4.69) is 32.9 Å². The highest BCUT2D eigenvalue weighted by atomic mass is 31.2. The largest absolute Gasteiger partial charge is 0.472 e. The van der Waals surface area contributed by atoms with Gasteiger partial charge < -0.3 is 89.1 Å². The minimum Gasteiger partial charge on any atom is -0.462 e. The third-order valence-electron chi connectivity index (χ3n) is 18.7. The molecule has 2 heterocycles. The fourth-order valence-electron chi connectivity index (χ4n) is 12.5. The van der Waals surface area contributed by atoms with Gasteiger partial charge in [0.25, 0.3) is 0 Å². The smallest absolute Gasteiger partial charge is 0.462 e. The molecule has 18 unspecified atom stereocenters. The highest BCUT2D eigenvalue weighted by Crippen LogP contribution is 2.49. The van der Waals surface area contributed by atoms with Crippen molar-refractivity contribution < 1.29 is 117 Å². The van der Waals surface area contributed by atoms with Gasteiger partial charge in [0.15, 0.2) is 18.7 Å². The molecule has 0 radical (unpaired) electrons. The van der Waals surface area contributed by atoms with Gasteiger partial charge in [0, 0.05) is 18.9 Å². The van der Waals surface area contributed by atoms with E-state index in [1.54, 1.807) is 6.08 Å². The first kappa shape index (κ1) is 90.4. The Hall–Kier alpha value is -2.82. The number of carbonyl (C=O) groups excluding carboxylic acids is 3. The first-order valence-corrected chi connectivity index (χ1v) is 39.8. The summed E-state index contributed by atoms with van der Waals surface area (Å²) < 4.78 is 64.8. The summed E-state index contributed by atoms with van der Waals surface area (Å²) in [6, 6.07) is 0. The van der Waals surface area contributed by atoms with Crippen LogP contribution in [0.2, 0.25) is 0 Å². The summed E-state index contributed by atoms with van der Waals surface area (Å²) >= 11 is 0. The van der Waals surface area contributed by atoms with E-state index in [9.17, 15) is 74.9 Å². The summed E-state index contributed by atoms with van der Waals surface area (Å²) in [6.07, 6.45) is 18.3. The van der Waals surface area contributed by atoms with Crippen molar-refractivity contribution >= 4 is 25.7 Å². The zero-order valence-corrected chi connectivity index (χ0v) is 61.2. The molecule has 11 N–H and O–H groups in total. The number of unbranched alkanes of at least 4 members (excludes halogenated alkanes) is 35. The van der Waals surface area contributed by atoms with Crippen LogP contribution in [0.5, 0.6) is 0 Å². The average Bonchev–Trinajstić information content (AvgIpc) is 0.762. The molecule has 1 aliphatic carbocycles. The van der Waals surface area contributed by atoms with E-state index >= 15 is 0 Å². The lowest BCUT2D eigenvalue weighted by Gasteiger charge is -2.49. The Morgan fingerprint density at radius 1 is 0.414 bits per heavy atom. The topological polar surface area (TPSA) is 374 Å². The highest BCUT2D eigenvalue weighted by Gasteiger charge is 2.58. The second-order valence-electron chi connectivity index (χ2n) is 27.4. The zero-order chi connectivity index (χ0) is 72.5. The molecule has 2 saturated heterocycles. The van der Waals surface area contributed by atoms with E-state index in [1.165, 1.54) is 134 Å². The molecule has 0 amide bonds. The molecular weight excluding hydrogens is 1300 g/mol. The minimum atomic E-state index is -5.71. The molecule has 0 spiro atoms. The normalized spacial score (nSPS) is 27.7. The summed E-state index contributed by atoms with van der Waals surface area (Å²) in [5.41, 5.74) is 0. The van der Waals surface area contributed by atoms with E-state index in [1.807, 2.05) is 6.08 Å². The molecule has 1 saturated carbocycles. The molecule has 3 aliphatic rings. The van der Waals surface area contributed by atoms with Crippen molar-refractivity contribution in [3.63, 3.8) is 0 Å². The number of esters is 3. The minimum absolute atomic E-state index is 0.0384. The van der Waals surface area contributed by atoms with Gasteiger partial charge in [-0.05, 0) is 51.4 Å². The Kier molecular flexibility index (Phi) is 50.8. The van der Waals surface area contributed by atoms with Crippen LogP contribution in [0.15, 0.2) is 36.5 Å². The number of carbonyl (C=O) groups is 3. The summed E-state index contributed by atoms with van der Waals surface area (Å²) in [5, 5.41) is 110. The molecule has 25 heteroatoms. The van der Waals surface area contributed by atoms with E-state index in [-0.39, 0.29) is 12.8 Å². The number of allylic oxidation sites excluding steroid dienone is 5. The van der Waals surface area contributed by atoms with Crippen LogP contribution in [-0.4, -0.2) is 204 Å². The molecule has 24 nitrogen and oxygen atoms in total. The van der Waals surface area contributed by atoms with E-state index < -0.39 is 156 Å². The van der Waals surface area contributed by atoms with Crippen molar-refractivity contribution in [1.29, 1.82) is 0 Å². The number of ether oxygens (including phenoxy) is 7. The van der Waals surface area contributed by atoms with Crippen molar-refractivity contribution in [2.45, 2.75) is 388 Å². The van der Waals surface area contributed by atoms with Crippen molar-refractivity contribution in [2.75, 3.05) is 26.4 Å². The Balaban J connectivity index is 1.74. The molecule has 0 aromatic heterocycles. The number of rotatable bonds is 59. The number of hydrogen-bond acceptors (Lipinski definition) is 23. The second-order valence-corrected chi connectivity index (χ2v) is 28.8. The first-order valence-electron chi connectivity index (χ1n) is 38.3. The zero-order valence-electron chi connectivity index (χ0n) is 60.3. The molecule has 578 valence electrons. The Morgan fingerprint density at radius 3 is 1.23 bits per heavy atom. The number of aliphatic hydroxyl groups excluding tert-OH is 10. The Bertz CT molecular complexity index is 2190. The van der Waals surface area contributed by atoms with Gasteiger partial charge in [-0.2, -0.15) is 0 Å². The second kappa shape index (κ2) is 55.6. The quantitative estimate of drug-likeness (QED) is 0.00512. The number of phosphoric acid groups is 1. The first-order chi connectivity index (χ1) is 47.8. The maximum absolute atomic E-state index is 14.3. The summed E-state index contributed by atoms with van der Waals surface area (Å²) in [4.78, 5) is 50.9. The van der Waals surface area contributed by atoms with Gasteiger partial charge in [-0.15, -0.1) is 0 Å². The molecule has 0 bridgehead atoms. The average molecular weight is 1440 g/mol. The van der Waals surface area contributed by atoms with Crippen molar-refractivity contribution in [3.05, 3.63) is 36.5 Å². The lowest BCUT2D eigenvalue weighted by Crippen LogP contribution is -2.69. The molecule has 3 rings (SSSR count). The third kappa shape index (κ3) is 38.7. The van der Waals surface area contributed by atoms with Gasteiger partial charge in [-0.25, -0.2) is 9.36 Å².